The third-order valence-electron chi connectivity index (χ3n) is 1.91. The summed E-state index contributed by atoms with van der Waals surface area (Å²) in [4.78, 5) is 4.30. The van der Waals surface area contributed by atoms with Crippen molar-refractivity contribution in [3.8, 4) is 0 Å². The maximum absolute atomic E-state index is 4.30. The lowest BCUT2D eigenvalue weighted by atomic mass is 9.98. The molecular formula is C9H13N. The van der Waals surface area contributed by atoms with Crippen LogP contribution in [-0.4, -0.2) is 12.3 Å². The number of aliphatic imine (C=N–C) groups is 1. The van der Waals surface area contributed by atoms with Gasteiger partial charge in [0.15, 0.2) is 0 Å². The van der Waals surface area contributed by atoms with Gasteiger partial charge in [0.1, 0.15) is 0 Å². The summed E-state index contributed by atoms with van der Waals surface area (Å²) in [6.45, 7) is 7.98. The Morgan fingerprint density at radius 1 is 1.60 bits per heavy atom. The Balaban J connectivity index is 2.75. The van der Waals surface area contributed by atoms with Crippen molar-refractivity contribution in [2.75, 3.05) is 0 Å². The van der Waals surface area contributed by atoms with Gasteiger partial charge in [-0.15, -0.1) is 0 Å². The smallest absolute Gasteiger partial charge is 0.0531 e. The summed E-state index contributed by atoms with van der Waals surface area (Å²) in [7, 11) is 0. The maximum Gasteiger partial charge on any atom is 0.0531 e. The van der Waals surface area contributed by atoms with Gasteiger partial charge in [-0.3, -0.25) is 4.99 Å². The normalized spacial score (nSPS) is 31.6. The van der Waals surface area contributed by atoms with Gasteiger partial charge in [-0.05, 0) is 18.4 Å². The van der Waals surface area contributed by atoms with Gasteiger partial charge < -0.3 is 0 Å². The first kappa shape index (κ1) is 7.26. The van der Waals surface area contributed by atoms with Gasteiger partial charge in [0, 0.05) is 6.21 Å². The summed E-state index contributed by atoms with van der Waals surface area (Å²) in [5.74, 6) is 0.554. The molecule has 2 unspecified atom stereocenters. The van der Waals surface area contributed by atoms with E-state index in [1.165, 1.54) is 0 Å². The molecule has 1 rings (SSSR count). The number of dihydropyridines is 1. The lowest BCUT2D eigenvalue weighted by Crippen LogP contribution is -2.13. The highest BCUT2D eigenvalue weighted by Crippen LogP contribution is 2.15. The van der Waals surface area contributed by atoms with Crippen LogP contribution < -0.4 is 0 Å². The topological polar surface area (TPSA) is 12.4 Å². The molecule has 0 amide bonds. The van der Waals surface area contributed by atoms with Crippen LogP contribution in [0.1, 0.15) is 13.8 Å². The zero-order valence-electron chi connectivity index (χ0n) is 6.54. The first-order valence-corrected chi connectivity index (χ1v) is 3.61. The van der Waals surface area contributed by atoms with Crippen molar-refractivity contribution >= 4 is 6.21 Å². The van der Waals surface area contributed by atoms with Gasteiger partial charge in [0.05, 0.1) is 6.04 Å². The molecule has 0 radical (unpaired) electrons. The highest BCUT2D eigenvalue weighted by atomic mass is 14.8. The summed E-state index contributed by atoms with van der Waals surface area (Å²) < 4.78 is 0. The van der Waals surface area contributed by atoms with Crippen molar-refractivity contribution in [2.45, 2.75) is 19.9 Å². The largest absolute Gasteiger partial charge is 0.289 e. The second kappa shape index (κ2) is 2.82. The number of nitrogens with zero attached hydrogens (tertiary/aromatic N) is 1. The van der Waals surface area contributed by atoms with Gasteiger partial charge in [0.25, 0.3) is 0 Å². The summed E-state index contributed by atoms with van der Waals surface area (Å²) in [5, 5.41) is 0. The van der Waals surface area contributed by atoms with E-state index in [1.807, 2.05) is 12.3 Å². The molecule has 54 valence electrons. The third kappa shape index (κ3) is 1.35. The van der Waals surface area contributed by atoms with Crippen molar-refractivity contribution < 1.29 is 0 Å². The minimum atomic E-state index is 0.434. The number of rotatable bonds is 1. The van der Waals surface area contributed by atoms with Crippen LogP contribution in [0.25, 0.3) is 0 Å². The van der Waals surface area contributed by atoms with E-state index in [9.17, 15) is 0 Å². The SMILES string of the molecule is C=CC1=CC(C)C(C)N=C1. The molecular weight excluding hydrogens is 122 g/mol. The van der Waals surface area contributed by atoms with Crippen LogP contribution in [-0.2, 0) is 0 Å². The molecule has 1 nitrogen and oxygen atoms in total. The van der Waals surface area contributed by atoms with E-state index in [0.29, 0.717) is 12.0 Å². The number of hydrogen-bond acceptors (Lipinski definition) is 1. The van der Waals surface area contributed by atoms with E-state index >= 15 is 0 Å². The third-order valence-corrected chi connectivity index (χ3v) is 1.91. The average Bonchev–Trinajstić information content (AvgIpc) is 1.95. The second-order valence-electron chi connectivity index (χ2n) is 2.75. The zero-order chi connectivity index (χ0) is 7.56. The molecule has 1 aliphatic heterocycles. The fourth-order valence-electron chi connectivity index (χ4n) is 0.946. The van der Waals surface area contributed by atoms with Crippen LogP contribution in [0.3, 0.4) is 0 Å². The molecule has 1 aliphatic rings. The van der Waals surface area contributed by atoms with Crippen LogP contribution in [0.5, 0.6) is 0 Å². The van der Waals surface area contributed by atoms with Crippen molar-refractivity contribution in [1.82, 2.24) is 0 Å². The van der Waals surface area contributed by atoms with E-state index in [2.05, 4.69) is 31.5 Å². The minimum Gasteiger partial charge on any atom is -0.289 e. The molecule has 0 aliphatic carbocycles. The van der Waals surface area contributed by atoms with E-state index in [0.717, 1.165) is 5.57 Å². The maximum atomic E-state index is 4.30. The predicted molar refractivity (Wildman–Crippen MR) is 45.4 cm³/mol. The average molecular weight is 135 g/mol. The summed E-state index contributed by atoms with van der Waals surface area (Å²) in [5.41, 5.74) is 1.14. The highest BCUT2D eigenvalue weighted by molar-refractivity contribution is 5.83. The molecule has 1 heteroatoms. The minimum absolute atomic E-state index is 0.434. The Kier molecular flexibility index (Phi) is 2.05. The van der Waals surface area contributed by atoms with Crippen LogP contribution >= 0.6 is 0 Å². The van der Waals surface area contributed by atoms with E-state index in [4.69, 9.17) is 0 Å². The predicted octanol–water partition coefficient (Wildman–Crippen LogP) is 2.21. The molecule has 0 aromatic carbocycles. The van der Waals surface area contributed by atoms with Crippen molar-refractivity contribution in [1.29, 1.82) is 0 Å². The van der Waals surface area contributed by atoms with Crippen molar-refractivity contribution in [2.24, 2.45) is 10.9 Å². The summed E-state index contributed by atoms with van der Waals surface area (Å²) >= 11 is 0. The van der Waals surface area contributed by atoms with Crippen LogP contribution in [0.2, 0.25) is 0 Å². The van der Waals surface area contributed by atoms with Gasteiger partial charge >= 0.3 is 0 Å². The first-order valence-electron chi connectivity index (χ1n) is 3.61. The standard InChI is InChI=1S/C9H13N/c1-4-9-5-7(2)8(3)10-6-9/h4-8H,1H2,2-3H3. The van der Waals surface area contributed by atoms with Crippen LogP contribution in [0.4, 0.5) is 0 Å². The molecule has 0 saturated carbocycles. The quantitative estimate of drug-likeness (QED) is 0.522. The van der Waals surface area contributed by atoms with Gasteiger partial charge in [-0.2, -0.15) is 0 Å². The van der Waals surface area contributed by atoms with Gasteiger partial charge in [-0.1, -0.05) is 25.7 Å². The molecule has 0 N–H and O–H groups in total. The van der Waals surface area contributed by atoms with Gasteiger partial charge in [-0.25, -0.2) is 0 Å². The molecule has 0 saturated heterocycles. The monoisotopic (exact) mass is 135 g/mol. The molecule has 0 fully saturated rings. The Morgan fingerprint density at radius 3 is 2.80 bits per heavy atom. The van der Waals surface area contributed by atoms with Crippen molar-refractivity contribution in [3.63, 3.8) is 0 Å². The molecule has 1 heterocycles. The Bertz CT molecular complexity index is 189. The summed E-state index contributed by atoms with van der Waals surface area (Å²) in [6.07, 6.45) is 5.92. The number of hydrogen-bond donors (Lipinski definition) is 0. The molecule has 0 spiro atoms. The van der Waals surface area contributed by atoms with Crippen LogP contribution in [0, 0.1) is 5.92 Å². The van der Waals surface area contributed by atoms with E-state index in [-0.39, 0.29) is 0 Å². The second-order valence-corrected chi connectivity index (χ2v) is 2.75. The fraction of sp³-hybridized carbons (Fsp3) is 0.444. The Hall–Kier alpha value is -0.850. The van der Waals surface area contributed by atoms with E-state index < -0.39 is 0 Å². The van der Waals surface area contributed by atoms with Crippen LogP contribution in [0.15, 0.2) is 29.3 Å². The summed E-state index contributed by atoms with van der Waals surface area (Å²) in [6, 6.07) is 0.434. The number of allylic oxidation sites excluding steroid dienone is 2. The molecule has 10 heavy (non-hydrogen) atoms. The Labute approximate surface area is 62.2 Å². The van der Waals surface area contributed by atoms with E-state index in [1.54, 1.807) is 0 Å². The Morgan fingerprint density at radius 2 is 2.30 bits per heavy atom. The highest BCUT2D eigenvalue weighted by Gasteiger charge is 2.10. The van der Waals surface area contributed by atoms with Crippen molar-refractivity contribution in [3.05, 3.63) is 24.3 Å². The molecule has 0 aromatic heterocycles. The molecule has 0 bridgehead atoms. The van der Waals surface area contributed by atoms with Gasteiger partial charge in [0.2, 0.25) is 0 Å². The molecule has 0 aromatic rings. The molecule has 2 atom stereocenters. The lowest BCUT2D eigenvalue weighted by molar-refractivity contribution is 0.579. The zero-order valence-corrected chi connectivity index (χ0v) is 6.54. The fourth-order valence-corrected chi connectivity index (χ4v) is 0.946. The lowest BCUT2D eigenvalue weighted by Gasteiger charge is -2.16. The first-order chi connectivity index (χ1) is 4.74.